The minimum Gasteiger partial charge on any atom is -0.341 e. The molecule has 3 rings (SSSR count). The van der Waals surface area contributed by atoms with Crippen molar-refractivity contribution in [3.05, 3.63) is 51.8 Å². The van der Waals surface area contributed by atoms with Crippen molar-refractivity contribution in [1.82, 2.24) is 14.7 Å². The molecule has 0 amide bonds. The van der Waals surface area contributed by atoms with Gasteiger partial charge in [-0.3, -0.25) is 10.1 Å². The van der Waals surface area contributed by atoms with Crippen molar-refractivity contribution in [2.24, 2.45) is 0 Å². The predicted octanol–water partition coefficient (Wildman–Crippen LogP) is 2.16. The lowest BCUT2D eigenvalue weighted by molar-refractivity contribution is -0.384. The van der Waals surface area contributed by atoms with Gasteiger partial charge in [0, 0.05) is 30.9 Å². The van der Waals surface area contributed by atoms with E-state index >= 15 is 0 Å². The summed E-state index contributed by atoms with van der Waals surface area (Å²) in [6.07, 6.45) is 3.39. The molecule has 27 heavy (non-hydrogen) atoms. The summed E-state index contributed by atoms with van der Waals surface area (Å²) in [5, 5.41) is 10.7. The van der Waals surface area contributed by atoms with Gasteiger partial charge in [0.2, 0.25) is 16.0 Å². The number of nitro groups is 1. The van der Waals surface area contributed by atoms with Crippen molar-refractivity contribution in [1.29, 1.82) is 0 Å². The smallest absolute Gasteiger partial charge is 0.269 e. The number of aromatic nitrogens is 2. The van der Waals surface area contributed by atoms with Gasteiger partial charge in [-0.2, -0.15) is 0 Å². The summed E-state index contributed by atoms with van der Waals surface area (Å²) in [4.78, 5) is 21.1. The number of rotatable bonds is 6. The van der Waals surface area contributed by atoms with Crippen LogP contribution >= 0.6 is 0 Å². The Morgan fingerprint density at radius 1 is 1.15 bits per heavy atom. The van der Waals surface area contributed by atoms with Gasteiger partial charge in [0.25, 0.3) is 5.69 Å². The molecule has 0 bridgehead atoms. The predicted molar refractivity (Wildman–Crippen MR) is 100.0 cm³/mol. The SMILES string of the molecule is Cc1cc(CNS(=O)(=O)c2ccc([N+](=O)[O-])cc2)nc(N2CCCCC2)n1. The molecule has 0 radical (unpaired) electrons. The summed E-state index contributed by atoms with van der Waals surface area (Å²) >= 11 is 0. The van der Waals surface area contributed by atoms with Gasteiger partial charge < -0.3 is 4.90 Å². The summed E-state index contributed by atoms with van der Waals surface area (Å²) in [5.41, 5.74) is 1.19. The molecule has 0 spiro atoms. The van der Waals surface area contributed by atoms with E-state index in [9.17, 15) is 18.5 Å². The van der Waals surface area contributed by atoms with Gasteiger partial charge in [0.15, 0.2) is 0 Å². The fourth-order valence-corrected chi connectivity index (χ4v) is 3.94. The summed E-state index contributed by atoms with van der Waals surface area (Å²) in [6, 6.07) is 6.50. The van der Waals surface area contributed by atoms with Gasteiger partial charge in [-0.15, -0.1) is 0 Å². The molecule has 1 saturated heterocycles. The number of nitrogens with zero attached hydrogens (tertiary/aromatic N) is 4. The van der Waals surface area contributed by atoms with Crippen molar-refractivity contribution in [2.45, 2.75) is 37.6 Å². The molecule has 0 aliphatic carbocycles. The molecular weight excluding hydrogens is 370 g/mol. The van der Waals surface area contributed by atoms with Gasteiger partial charge in [-0.1, -0.05) is 0 Å². The Morgan fingerprint density at radius 2 is 1.81 bits per heavy atom. The second-order valence-electron chi connectivity index (χ2n) is 6.42. The molecule has 1 N–H and O–H groups in total. The van der Waals surface area contributed by atoms with Gasteiger partial charge in [0.05, 0.1) is 22.1 Å². The monoisotopic (exact) mass is 391 g/mol. The molecule has 2 aromatic rings. The van der Waals surface area contributed by atoms with E-state index in [1.165, 1.54) is 18.6 Å². The van der Waals surface area contributed by atoms with Crippen LogP contribution in [0, 0.1) is 17.0 Å². The molecule has 0 saturated carbocycles. The highest BCUT2D eigenvalue weighted by Gasteiger charge is 2.18. The largest absolute Gasteiger partial charge is 0.341 e. The maximum atomic E-state index is 12.4. The number of piperidine rings is 1. The number of hydrogen-bond acceptors (Lipinski definition) is 7. The quantitative estimate of drug-likeness (QED) is 0.592. The number of non-ortho nitro benzene ring substituents is 1. The molecule has 10 heteroatoms. The molecule has 144 valence electrons. The zero-order valence-electron chi connectivity index (χ0n) is 15.0. The van der Waals surface area contributed by atoms with Crippen LogP contribution in [0.1, 0.15) is 30.7 Å². The first-order valence-corrected chi connectivity index (χ1v) is 10.2. The summed E-state index contributed by atoms with van der Waals surface area (Å²) < 4.78 is 27.3. The lowest BCUT2D eigenvalue weighted by atomic mass is 10.1. The number of anilines is 1. The Hall–Kier alpha value is -2.59. The maximum Gasteiger partial charge on any atom is 0.269 e. The zero-order valence-corrected chi connectivity index (χ0v) is 15.8. The molecule has 1 aliphatic heterocycles. The molecule has 0 atom stereocenters. The Morgan fingerprint density at radius 3 is 2.44 bits per heavy atom. The van der Waals surface area contributed by atoms with Crippen LogP contribution in [0.5, 0.6) is 0 Å². The highest BCUT2D eigenvalue weighted by molar-refractivity contribution is 7.89. The van der Waals surface area contributed by atoms with Gasteiger partial charge in [-0.25, -0.2) is 23.1 Å². The third-order valence-corrected chi connectivity index (χ3v) is 5.75. The Labute approximate surface area is 157 Å². The lowest BCUT2D eigenvalue weighted by Gasteiger charge is -2.27. The van der Waals surface area contributed by atoms with Gasteiger partial charge in [0.1, 0.15) is 0 Å². The van der Waals surface area contributed by atoms with E-state index in [1.54, 1.807) is 6.07 Å². The summed E-state index contributed by atoms with van der Waals surface area (Å²) in [5.74, 6) is 0.624. The number of aryl methyl sites for hydroxylation is 1. The van der Waals surface area contributed by atoms with Crippen LogP contribution in [0.2, 0.25) is 0 Å². The Kier molecular flexibility index (Phi) is 5.66. The maximum absolute atomic E-state index is 12.4. The topological polar surface area (TPSA) is 118 Å². The number of nitrogens with one attached hydrogen (secondary N) is 1. The fraction of sp³-hybridized carbons (Fsp3) is 0.412. The van der Waals surface area contributed by atoms with Crippen LogP contribution < -0.4 is 9.62 Å². The molecule has 1 aliphatic rings. The Bertz CT molecular complexity index is 925. The standard InChI is InChI=1S/C17H21N5O4S/c1-13-11-14(20-17(19-13)21-9-3-2-4-10-21)12-18-27(25,26)16-7-5-15(6-8-16)22(23)24/h5-8,11,18H,2-4,9-10,12H2,1H3. The minimum absolute atomic E-state index is 0.0174. The van der Waals surface area contributed by atoms with Crippen molar-refractivity contribution in [2.75, 3.05) is 18.0 Å². The van der Waals surface area contributed by atoms with Crippen molar-refractivity contribution < 1.29 is 13.3 Å². The van der Waals surface area contributed by atoms with Crippen molar-refractivity contribution in [3.8, 4) is 0 Å². The van der Waals surface area contributed by atoms with Crippen LogP contribution in [0.25, 0.3) is 0 Å². The number of nitro benzene ring substituents is 1. The second kappa shape index (κ2) is 7.97. The van der Waals surface area contributed by atoms with Crippen LogP contribution in [-0.4, -0.2) is 36.4 Å². The van der Waals surface area contributed by atoms with Gasteiger partial charge in [-0.05, 0) is 44.4 Å². The van der Waals surface area contributed by atoms with Crippen LogP contribution in [-0.2, 0) is 16.6 Å². The fourth-order valence-electron chi connectivity index (χ4n) is 2.94. The third kappa shape index (κ3) is 4.77. The number of hydrogen-bond donors (Lipinski definition) is 1. The molecule has 2 heterocycles. The second-order valence-corrected chi connectivity index (χ2v) is 8.19. The van der Waals surface area contributed by atoms with E-state index in [0.717, 1.165) is 43.8 Å². The van der Waals surface area contributed by atoms with E-state index in [-0.39, 0.29) is 17.1 Å². The average Bonchev–Trinajstić information content (AvgIpc) is 2.67. The summed E-state index contributed by atoms with van der Waals surface area (Å²) in [6.45, 7) is 3.67. The lowest BCUT2D eigenvalue weighted by Crippen LogP contribution is -2.32. The minimum atomic E-state index is -3.80. The van der Waals surface area contributed by atoms with Gasteiger partial charge >= 0.3 is 0 Å². The van der Waals surface area contributed by atoms with Crippen LogP contribution in [0.3, 0.4) is 0 Å². The molecular formula is C17H21N5O4S. The molecule has 0 unspecified atom stereocenters. The third-order valence-electron chi connectivity index (χ3n) is 4.34. The normalized spacial score (nSPS) is 14.9. The molecule has 1 fully saturated rings. The van der Waals surface area contributed by atoms with Crippen molar-refractivity contribution in [3.63, 3.8) is 0 Å². The zero-order chi connectivity index (χ0) is 19.4. The molecule has 1 aromatic heterocycles. The highest BCUT2D eigenvalue weighted by atomic mass is 32.2. The molecule has 1 aromatic carbocycles. The first kappa shape index (κ1) is 19.2. The number of benzene rings is 1. The first-order valence-electron chi connectivity index (χ1n) is 8.69. The van der Waals surface area contributed by atoms with Crippen molar-refractivity contribution >= 4 is 21.7 Å². The van der Waals surface area contributed by atoms with E-state index in [0.29, 0.717) is 11.6 Å². The van der Waals surface area contributed by atoms with Crippen LogP contribution in [0.4, 0.5) is 11.6 Å². The van der Waals surface area contributed by atoms with E-state index < -0.39 is 14.9 Å². The highest BCUT2D eigenvalue weighted by Crippen LogP contribution is 2.18. The van der Waals surface area contributed by atoms with E-state index in [2.05, 4.69) is 19.6 Å². The Balaban J connectivity index is 1.73. The van der Waals surface area contributed by atoms with E-state index in [1.807, 2.05) is 6.92 Å². The number of sulfonamides is 1. The van der Waals surface area contributed by atoms with E-state index in [4.69, 9.17) is 0 Å². The van der Waals surface area contributed by atoms with Crippen LogP contribution in [0.15, 0.2) is 35.2 Å². The molecule has 9 nitrogen and oxygen atoms in total. The first-order chi connectivity index (χ1) is 12.8. The summed E-state index contributed by atoms with van der Waals surface area (Å²) in [7, 11) is -3.80. The average molecular weight is 391 g/mol.